The smallest absolute Gasteiger partial charge is 0.236 e. The molecule has 1 aliphatic rings. The third-order valence-corrected chi connectivity index (χ3v) is 2.57. The molecule has 0 radical (unpaired) electrons. The van der Waals surface area contributed by atoms with E-state index in [1.165, 1.54) is 12.8 Å². The molecule has 1 fully saturated rings. The van der Waals surface area contributed by atoms with Crippen molar-refractivity contribution in [3.63, 3.8) is 0 Å². The molecule has 1 amide bonds. The van der Waals surface area contributed by atoms with E-state index in [2.05, 4.69) is 11.4 Å². The summed E-state index contributed by atoms with van der Waals surface area (Å²) in [7, 11) is 0. The molecule has 1 atom stereocenters. The van der Waals surface area contributed by atoms with Gasteiger partial charge in [0.25, 0.3) is 0 Å². The lowest BCUT2D eigenvalue weighted by Crippen LogP contribution is -2.40. The molecule has 0 bridgehead atoms. The SMILES string of the molecule is CCN(CC(C)C#N)C(=O)CNC1CC1. The van der Waals surface area contributed by atoms with Gasteiger partial charge in [0.2, 0.25) is 5.91 Å². The lowest BCUT2D eigenvalue weighted by atomic mass is 10.2. The molecule has 1 unspecified atom stereocenters. The molecule has 15 heavy (non-hydrogen) atoms. The Kier molecular flexibility index (Phi) is 4.57. The second-order valence-corrected chi connectivity index (χ2v) is 4.12. The van der Waals surface area contributed by atoms with Crippen LogP contribution < -0.4 is 5.32 Å². The topological polar surface area (TPSA) is 56.1 Å². The summed E-state index contributed by atoms with van der Waals surface area (Å²) in [4.78, 5) is 13.5. The highest BCUT2D eigenvalue weighted by molar-refractivity contribution is 5.78. The van der Waals surface area contributed by atoms with E-state index in [1.54, 1.807) is 4.90 Å². The Morgan fingerprint density at radius 3 is 2.80 bits per heavy atom. The van der Waals surface area contributed by atoms with Crippen LogP contribution in [-0.4, -0.2) is 36.5 Å². The summed E-state index contributed by atoms with van der Waals surface area (Å²) in [5.74, 6) is 0.0151. The van der Waals surface area contributed by atoms with Gasteiger partial charge in [0.15, 0.2) is 0 Å². The van der Waals surface area contributed by atoms with Crippen molar-refractivity contribution in [3.05, 3.63) is 0 Å². The van der Waals surface area contributed by atoms with Crippen LogP contribution in [-0.2, 0) is 4.79 Å². The van der Waals surface area contributed by atoms with Crippen LogP contribution in [0.5, 0.6) is 0 Å². The van der Waals surface area contributed by atoms with Gasteiger partial charge in [0.05, 0.1) is 18.5 Å². The monoisotopic (exact) mass is 209 g/mol. The number of nitriles is 1. The zero-order chi connectivity index (χ0) is 11.3. The van der Waals surface area contributed by atoms with Gasteiger partial charge < -0.3 is 10.2 Å². The van der Waals surface area contributed by atoms with Gasteiger partial charge in [-0.25, -0.2) is 0 Å². The molecule has 0 heterocycles. The van der Waals surface area contributed by atoms with Gasteiger partial charge in [0.1, 0.15) is 0 Å². The molecule has 84 valence electrons. The molecule has 0 saturated heterocycles. The van der Waals surface area contributed by atoms with Gasteiger partial charge >= 0.3 is 0 Å². The van der Waals surface area contributed by atoms with E-state index in [1.807, 2.05) is 13.8 Å². The van der Waals surface area contributed by atoms with E-state index in [0.29, 0.717) is 25.7 Å². The zero-order valence-electron chi connectivity index (χ0n) is 9.49. The number of likely N-dealkylation sites (N-methyl/N-ethyl adjacent to an activating group) is 1. The van der Waals surface area contributed by atoms with Crippen molar-refractivity contribution in [2.75, 3.05) is 19.6 Å². The van der Waals surface area contributed by atoms with Crippen molar-refractivity contribution in [3.8, 4) is 6.07 Å². The summed E-state index contributed by atoms with van der Waals surface area (Å²) in [5.41, 5.74) is 0. The largest absolute Gasteiger partial charge is 0.341 e. The molecule has 4 nitrogen and oxygen atoms in total. The Balaban J connectivity index is 2.28. The third-order valence-electron chi connectivity index (χ3n) is 2.57. The summed E-state index contributed by atoms with van der Waals surface area (Å²) < 4.78 is 0. The third kappa shape index (κ3) is 4.30. The van der Waals surface area contributed by atoms with E-state index in [9.17, 15) is 4.79 Å². The van der Waals surface area contributed by atoms with E-state index in [4.69, 9.17) is 5.26 Å². The Morgan fingerprint density at radius 1 is 1.67 bits per heavy atom. The lowest BCUT2D eigenvalue weighted by molar-refractivity contribution is -0.130. The summed E-state index contributed by atoms with van der Waals surface area (Å²) in [6.45, 7) is 5.41. The van der Waals surface area contributed by atoms with E-state index >= 15 is 0 Å². The van der Waals surface area contributed by atoms with Crippen LogP contribution in [0.3, 0.4) is 0 Å². The first-order valence-electron chi connectivity index (χ1n) is 5.58. The van der Waals surface area contributed by atoms with Crippen LogP contribution >= 0.6 is 0 Å². The number of carbonyl (C=O) groups is 1. The van der Waals surface area contributed by atoms with Crippen LogP contribution in [0.4, 0.5) is 0 Å². The number of hydrogen-bond donors (Lipinski definition) is 1. The van der Waals surface area contributed by atoms with Crippen molar-refractivity contribution in [1.82, 2.24) is 10.2 Å². The molecule has 0 aliphatic heterocycles. The molecule has 0 aromatic rings. The van der Waals surface area contributed by atoms with Crippen LogP contribution in [0.15, 0.2) is 0 Å². The summed E-state index contributed by atoms with van der Waals surface area (Å²) in [6.07, 6.45) is 2.38. The van der Waals surface area contributed by atoms with Gasteiger partial charge in [-0.1, -0.05) is 0 Å². The van der Waals surface area contributed by atoms with Crippen molar-refractivity contribution < 1.29 is 4.79 Å². The predicted molar refractivity (Wildman–Crippen MR) is 58.1 cm³/mol. The second kappa shape index (κ2) is 5.72. The van der Waals surface area contributed by atoms with Crippen molar-refractivity contribution in [2.24, 2.45) is 5.92 Å². The quantitative estimate of drug-likeness (QED) is 0.702. The number of carbonyl (C=O) groups excluding carboxylic acids is 1. The second-order valence-electron chi connectivity index (χ2n) is 4.12. The summed E-state index contributed by atoms with van der Waals surface area (Å²) in [5, 5.41) is 11.9. The van der Waals surface area contributed by atoms with Crippen LogP contribution in [0.1, 0.15) is 26.7 Å². The van der Waals surface area contributed by atoms with Crippen LogP contribution in [0.2, 0.25) is 0 Å². The molecular formula is C11H19N3O. The zero-order valence-corrected chi connectivity index (χ0v) is 9.49. The first-order chi connectivity index (χ1) is 7.17. The Bertz CT molecular complexity index is 255. The number of rotatable bonds is 6. The maximum Gasteiger partial charge on any atom is 0.236 e. The van der Waals surface area contributed by atoms with Crippen molar-refractivity contribution in [1.29, 1.82) is 5.26 Å². The molecule has 1 N–H and O–H groups in total. The average molecular weight is 209 g/mol. The Hall–Kier alpha value is -1.08. The van der Waals surface area contributed by atoms with Crippen molar-refractivity contribution in [2.45, 2.75) is 32.7 Å². The highest BCUT2D eigenvalue weighted by Crippen LogP contribution is 2.18. The fraction of sp³-hybridized carbons (Fsp3) is 0.818. The minimum absolute atomic E-state index is 0.0881. The minimum Gasteiger partial charge on any atom is -0.341 e. The van der Waals surface area contributed by atoms with Crippen LogP contribution in [0.25, 0.3) is 0 Å². The highest BCUT2D eigenvalue weighted by atomic mass is 16.2. The normalized spacial score (nSPS) is 16.9. The van der Waals surface area contributed by atoms with Crippen molar-refractivity contribution >= 4 is 5.91 Å². The molecule has 0 aromatic carbocycles. The average Bonchev–Trinajstić information content (AvgIpc) is 3.05. The van der Waals surface area contributed by atoms with E-state index in [-0.39, 0.29) is 11.8 Å². The van der Waals surface area contributed by atoms with Gasteiger partial charge in [-0.05, 0) is 26.7 Å². The predicted octanol–water partition coefficient (Wildman–Crippen LogP) is 0.747. The van der Waals surface area contributed by atoms with Gasteiger partial charge in [0, 0.05) is 19.1 Å². The van der Waals surface area contributed by atoms with Gasteiger partial charge in [-0.2, -0.15) is 5.26 Å². The number of hydrogen-bond acceptors (Lipinski definition) is 3. The number of nitrogens with one attached hydrogen (secondary N) is 1. The first kappa shape index (κ1) is 12.0. The molecule has 1 aliphatic carbocycles. The summed E-state index contributed by atoms with van der Waals surface area (Å²) >= 11 is 0. The number of amides is 1. The molecular weight excluding hydrogens is 190 g/mol. The lowest BCUT2D eigenvalue weighted by Gasteiger charge is -2.22. The first-order valence-corrected chi connectivity index (χ1v) is 5.58. The van der Waals surface area contributed by atoms with Gasteiger partial charge in [-0.3, -0.25) is 4.79 Å². The molecule has 1 rings (SSSR count). The molecule has 1 saturated carbocycles. The maximum atomic E-state index is 11.7. The van der Waals surface area contributed by atoms with E-state index < -0.39 is 0 Å². The molecule has 0 spiro atoms. The maximum absolute atomic E-state index is 11.7. The van der Waals surface area contributed by atoms with E-state index in [0.717, 1.165) is 0 Å². The standard InChI is InChI=1S/C11H19N3O/c1-3-14(8-9(2)6-12)11(15)7-13-10-4-5-10/h9-10,13H,3-5,7-8H2,1-2H3. The Morgan fingerprint density at radius 2 is 2.33 bits per heavy atom. The van der Waals surface area contributed by atoms with Crippen LogP contribution in [0, 0.1) is 17.2 Å². The fourth-order valence-corrected chi connectivity index (χ4v) is 1.41. The summed E-state index contributed by atoms with van der Waals surface area (Å²) in [6, 6.07) is 2.70. The Labute approximate surface area is 91.2 Å². The molecule has 0 aromatic heterocycles. The number of nitrogens with zero attached hydrogens (tertiary/aromatic N) is 2. The highest BCUT2D eigenvalue weighted by Gasteiger charge is 2.22. The fourth-order valence-electron chi connectivity index (χ4n) is 1.41. The van der Waals surface area contributed by atoms with Gasteiger partial charge in [-0.15, -0.1) is 0 Å². The minimum atomic E-state index is -0.0881. The molecule has 4 heteroatoms.